The van der Waals surface area contributed by atoms with E-state index in [-0.39, 0.29) is 0 Å². The molecule has 0 saturated carbocycles. The first kappa shape index (κ1) is 15.7. The molecular weight excluding hydrogens is 292 g/mol. The normalized spacial score (nSPS) is 21.6. The van der Waals surface area contributed by atoms with E-state index in [1.807, 2.05) is 0 Å². The number of likely N-dealkylation sites (N-methyl/N-ethyl adjacent to an activating group) is 1. The van der Waals surface area contributed by atoms with Crippen LogP contribution in [-0.2, 0) is 19.4 Å². The number of hydrogen-bond donors (Lipinski definition) is 0. The van der Waals surface area contributed by atoms with Crippen LogP contribution in [0.3, 0.4) is 0 Å². The average molecular weight is 320 g/mol. The lowest BCUT2D eigenvalue weighted by Crippen LogP contribution is -2.23. The highest BCUT2D eigenvalue weighted by Crippen LogP contribution is 2.33. The Kier molecular flexibility index (Phi) is 4.32. The van der Waals surface area contributed by atoms with Gasteiger partial charge in [0.15, 0.2) is 0 Å². The number of fused-ring (bicyclic) bond motifs is 2. The first-order valence-electron chi connectivity index (χ1n) is 9.30. The smallest absolute Gasteiger partial charge is 0.0396 e. The van der Waals surface area contributed by atoms with Gasteiger partial charge in [-0.25, -0.2) is 0 Å². The van der Waals surface area contributed by atoms with Crippen molar-refractivity contribution in [1.29, 1.82) is 0 Å². The molecule has 24 heavy (non-hydrogen) atoms. The largest absolute Gasteiger partial charge is 0.374 e. The molecule has 0 N–H and O–H groups in total. The van der Waals surface area contributed by atoms with Gasteiger partial charge in [0.25, 0.3) is 0 Å². The molecular formula is C22H28N2. The quantitative estimate of drug-likeness (QED) is 0.776. The fourth-order valence-corrected chi connectivity index (χ4v) is 4.42. The lowest BCUT2D eigenvalue weighted by molar-refractivity contribution is 0.332. The second-order valence-electron chi connectivity index (χ2n) is 7.61. The summed E-state index contributed by atoms with van der Waals surface area (Å²) in [5.74, 6) is 0.626. The number of aryl methyl sites for hydroxylation is 2. The maximum Gasteiger partial charge on any atom is 0.0396 e. The van der Waals surface area contributed by atoms with E-state index in [2.05, 4.69) is 66.4 Å². The van der Waals surface area contributed by atoms with Crippen LogP contribution in [0.25, 0.3) is 0 Å². The lowest BCUT2D eigenvalue weighted by Gasteiger charge is -2.24. The van der Waals surface area contributed by atoms with Gasteiger partial charge in [0, 0.05) is 31.7 Å². The molecule has 1 unspecified atom stereocenters. The van der Waals surface area contributed by atoms with Crippen LogP contribution in [0.5, 0.6) is 0 Å². The molecule has 2 aliphatic heterocycles. The van der Waals surface area contributed by atoms with Crippen molar-refractivity contribution in [2.24, 2.45) is 0 Å². The van der Waals surface area contributed by atoms with E-state index in [9.17, 15) is 0 Å². The van der Waals surface area contributed by atoms with Crippen LogP contribution >= 0.6 is 0 Å². The summed E-state index contributed by atoms with van der Waals surface area (Å²) in [6.07, 6.45) is 4.94. The van der Waals surface area contributed by atoms with Crippen molar-refractivity contribution < 1.29 is 0 Å². The molecule has 0 aromatic heterocycles. The van der Waals surface area contributed by atoms with Gasteiger partial charge in [-0.1, -0.05) is 36.4 Å². The molecule has 0 saturated heterocycles. The Morgan fingerprint density at radius 3 is 2.71 bits per heavy atom. The summed E-state index contributed by atoms with van der Waals surface area (Å²) in [5.41, 5.74) is 7.56. The Hall–Kier alpha value is -1.80. The standard InChI is InChI=1S/C22H28N2/c1-23-13-5-7-17-9-11-19(14-21(17)15-23)20-12-10-18-6-3-4-8-22(18)24(2)16-20/h3-4,6,8-9,11,14,20H,5,7,10,12-13,15-16H2,1-2H3. The van der Waals surface area contributed by atoms with E-state index < -0.39 is 0 Å². The molecule has 2 nitrogen and oxygen atoms in total. The van der Waals surface area contributed by atoms with Crippen molar-refractivity contribution in [2.75, 3.05) is 32.1 Å². The molecule has 0 aliphatic carbocycles. The summed E-state index contributed by atoms with van der Waals surface area (Å²) in [6.45, 7) is 3.43. The fourth-order valence-electron chi connectivity index (χ4n) is 4.42. The highest BCUT2D eigenvalue weighted by molar-refractivity contribution is 5.54. The summed E-state index contributed by atoms with van der Waals surface area (Å²) in [6, 6.07) is 16.2. The van der Waals surface area contributed by atoms with Crippen LogP contribution in [0.4, 0.5) is 5.69 Å². The van der Waals surface area contributed by atoms with Crippen LogP contribution in [-0.4, -0.2) is 32.1 Å². The van der Waals surface area contributed by atoms with Gasteiger partial charge >= 0.3 is 0 Å². The predicted octanol–water partition coefficient (Wildman–Crippen LogP) is 4.23. The van der Waals surface area contributed by atoms with Gasteiger partial charge in [-0.2, -0.15) is 0 Å². The molecule has 0 bridgehead atoms. The zero-order valence-electron chi connectivity index (χ0n) is 15.0. The molecule has 2 aliphatic rings. The first-order chi connectivity index (χ1) is 11.7. The molecule has 126 valence electrons. The van der Waals surface area contributed by atoms with Gasteiger partial charge in [-0.3, -0.25) is 0 Å². The minimum atomic E-state index is 0.626. The van der Waals surface area contributed by atoms with Crippen molar-refractivity contribution >= 4 is 5.69 Å². The second kappa shape index (κ2) is 6.60. The molecule has 4 rings (SSSR count). The van der Waals surface area contributed by atoms with Crippen molar-refractivity contribution in [3.63, 3.8) is 0 Å². The number of hydrogen-bond acceptors (Lipinski definition) is 2. The SMILES string of the molecule is CN1CCCc2ccc(C3CCc4ccccc4N(C)C3)cc2C1. The van der Waals surface area contributed by atoms with Gasteiger partial charge in [0.1, 0.15) is 0 Å². The molecule has 2 aromatic carbocycles. The third kappa shape index (κ3) is 3.08. The highest BCUT2D eigenvalue weighted by atomic mass is 15.1. The Morgan fingerprint density at radius 2 is 1.79 bits per heavy atom. The van der Waals surface area contributed by atoms with E-state index in [1.165, 1.54) is 49.0 Å². The number of benzene rings is 2. The Morgan fingerprint density at radius 1 is 0.917 bits per heavy atom. The molecule has 0 fully saturated rings. The van der Waals surface area contributed by atoms with Crippen molar-refractivity contribution in [2.45, 2.75) is 38.1 Å². The van der Waals surface area contributed by atoms with E-state index in [0.717, 1.165) is 13.1 Å². The molecule has 2 heterocycles. The minimum absolute atomic E-state index is 0.626. The third-order valence-corrected chi connectivity index (χ3v) is 5.79. The summed E-state index contributed by atoms with van der Waals surface area (Å²) >= 11 is 0. The van der Waals surface area contributed by atoms with E-state index >= 15 is 0 Å². The van der Waals surface area contributed by atoms with E-state index in [4.69, 9.17) is 0 Å². The highest BCUT2D eigenvalue weighted by Gasteiger charge is 2.22. The molecule has 0 spiro atoms. The van der Waals surface area contributed by atoms with Gasteiger partial charge in [-0.15, -0.1) is 0 Å². The zero-order chi connectivity index (χ0) is 16.5. The van der Waals surface area contributed by atoms with Crippen LogP contribution < -0.4 is 4.90 Å². The molecule has 0 radical (unpaired) electrons. The molecule has 2 heteroatoms. The number of nitrogens with zero attached hydrogens (tertiary/aromatic N) is 2. The van der Waals surface area contributed by atoms with Crippen molar-refractivity contribution in [3.8, 4) is 0 Å². The minimum Gasteiger partial charge on any atom is -0.374 e. The van der Waals surface area contributed by atoms with E-state index in [0.29, 0.717) is 5.92 Å². The van der Waals surface area contributed by atoms with Gasteiger partial charge < -0.3 is 9.80 Å². The Balaban J connectivity index is 1.61. The van der Waals surface area contributed by atoms with Gasteiger partial charge in [0.2, 0.25) is 0 Å². The monoisotopic (exact) mass is 320 g/mol. The number of anilines is 1. The number of para-hydroxylation sites is 1. The average Bonchev–Trinajstić information content (AvgIpc) is 2.88. The predicted molar refractivity (Wildman–Crippen MR) is 102 cm³/mol. The van der Waals surface area contributed by atoms with Crippen molar-refractivity contribution in [3.05, 3.63) is 64.7 Å². The van der Waals surface area contributed by atoms with E-state index in [1.54, 1.807) is 11.1 Å². The summed E-state index contributed by atoms with van der Waals surface area (Å²) in [4.78, 5) is 4.91. The molecule has 2 aromatic rings. The molecule has 1 atom stereocenters. The van der Waals surface area contributed by atoms with Crippen LogP contribution in [0.15, 0.2) is 42.5 Å². The van der Waals surface area contributed by atoms with Gasteiger partial charge in [-0.05, 0) is 67.6 Å². The zero-order valence-corrected chi connectivity index (χ0v) is 15.0. The summed E-state index contributed by atoms with van der Waals surface area (Å²) in [5, 5.41) is 0. The van der Waals surface area contributed by atoms with Crippen LogP contribution in [0.1, 0.15) is 41.0 Å². The van der Waals surface area contributed by atoms with Crippen LogP contribution in [0.2, 0.25) is 0 Å². The van der Waals surface area contributed by atoms with Crippen molar-refractivity contribution in [1.82, 2.24) is 4.90 Å². The Labute approximate surface area is 146 Å². The first-order valence-corrected chi connectivity index (χ1v) is 9.30. The maximum atomic E-state index is 2.51. The number of rotatable bonds is 1. The second-order valence-corrected chi connectivity index (χ2v) is 7.61. The summed E-state index contributed by atoms with van der Waals surface area (Å²) in [7, 11) is 4.49. The fraction of sp³-hybridized carbons (Fsp3) is 0.455. The van der Waals surface area contributed by atoms with Crippen LogP contribution in [0, 0.1) is 0 Å². The molecule has 0 amide bonds. The maximum absolute atomic E-state index is 2.51. The Bertz CT molecular complexity index is 722. The lowest BCUT2D eigenvalue weighted by atomic mass is 9.90. The topological polar surface area (TPSA) is 6.48 Å². The summed E-state index contributed by atoms with van der Waals surface area (Å²) < 4.78 is 0. The van der Waals surface area contributed by atoms with Gasteiger partial charge in [0.05, 0.1) is 0 Å². The third-order valence-electron chi connectivity index (χ3n) is 5.79.